The second kappa shape index (κ2) is 17.1. The number of aryl methyl sites for hydroxylation is 1. The summed E-state index contributed by atoms with van der Waals surface area (Å²) in [6, 6.07) is 18.8. The number of anilines is 1. The number of rotatable bonds is 12. The first-order valence-electron chi connectivity index (χ1n) is 18.7. The lowest BCUT2D eigenvalue weighted by Gasteiger charge is -2.55. The Morgan fingerprint density at radius 2 is 1.76 bits per heavy atom. The Morgan fingerprint density at radius 1 is 1.00 bits per heavy atom. The molecule has 4 fully saturated rings. The summed E-state index contributed by atoms with van der Waals surface area (Å²) >= 11 is 0. The van der Waals surface area contributed by atoms with Crippen molar-refractivity contribution >= 4 is 23.5 Å². The average Bonchev–Trinajstić information content (AvgIpc) is 3.14. The minimum atomic E-state index is -1.08. The highest BCUT2D eigenvalue weighted by atomic mass is 19.1. The SMILES string of the molecule is C.C=CCN1CC(=O)N2C(CN(Cc3cccc(N4CC(N5CCN(CC)CC5)C4)n3)C(=O)[C@@H]2Cc2ccc(O)cc2F)N1C(=O)CCc1ccccc1. The highest BCUT2D eigenvalue weighted by molar-refractivity contribution is 5.92. The highest BCUT2D eigenvalue weighted by Gasteiger charge is 2.51. The van der Waals surface area contributed by atoms with Gasteiger partial charge in [-0.1, -0.05) is 62.9 Å². The van der Waals surface area contributed by atoms with E-state index in [4.69, 9.17) is 4.98 Å². The molecule has 1 aromatic heterocycles. The van der Waals surface area contributed by atoms with Crippen LogP contribution in [0.4, 0.5) is 10.2 Å². The van der Waals surface area contributed by atoms with Crippen LogP contribution >= 0.6 is 0 Å². The van der Waals surface area contributed by atoms with Gasteiger partial charge in [0.25, 0.3) is 0 Å². The van der Waals surface area contributed by atoms with Crippen LogP contribution in [0.5, 0.6) is 5.75 Å². The summed E-state index contributed by atoms with van der Waals surface area (Å²) in [7, 11) is 0. The zero-order valence-electron chi connectivity index (χ0n) is 30.4. The fraction of sp³-hybridized carbons (Fsp3) is 0.463. The molecule has 2 atom stereocenters. The first-order chi connectivity index (χ1) is 25.7. The normalized spacial score (nSPS) is 21.4. The molecule has 0 aliphatic carbocycles. The number of halogens is 1. The molecule has 0 bridgehead atoms. The van der Waals surface area contributed by atoms with Crippen LogP contribution in [0.15, 0.2) is 79.4 Å². The number of amides is 3. The molecule has 0 spiro atoms. The molecule has 3 aromatic rings. The number of aromatic nitrogens is 1. The van der Waals surface area contributed by atoms with Crippen molar-refractivity contribution in [2.24, 2.45) is 0 Å². The minimum Gasteiger partial charge on any atom is -0.508 e. The second-order valence-corrected chi connectivity index (χ2v) is 14.4. The molecule has 4 aliphatic heterocycles. The summed E-state index contributed by atoms with van der Waals surface area (Å²) in [5.41, 5.74) is 1.89. The van der Waals surface area contributed by atoms with Gasteiger partial charge in [-0.15, -0.1) is 6.58 Å². The van der Waals surface area contributed by atoms with Gasteiger partial charge in [-0.3, -0.25) is 19.3 Å². The fourth-order valence-corrected chi connectivity index (χ4v) is 8.07. The number of carbonyl (C=O) groups excluding carboxylic acids is 3. The van der Waals surface area contributed by atoms with Gasteiger partial charge in [-0.25, -0.2) is 19.4 Å². The maximum absolute atomic E-state index is 15.2. The Labute approximate surface area is 318 Å². The molecule has 7 rings (SSSR count). The Bertz CT molecular complexity index is 1800. The zero-order chi connectivity index (χ0) is 37.1. The number of hydrogen-bond donors (Lipinski definition) is 1. The minimum absolute atomic E-state index is 0. The van der Waals surface area contributed by atoms with E-state index in [0.717, 1.165) is 63.3 Å². The van der Waals surface area contributed by atoms with Crippen LogP contribution in [-0.4, -0.2) is 141 Å². The average molecular weight is 741 g/mol. The number of likely N-dealkylation sites (N-methyl/N-ethyl adjacent to an activating group) is 1. The van der Waals surface area contributed by atoms with Gasteiger partial charge < -0.3 is 24.7 Å². The monoisotopic (exact) mass is 740 g/mol. The smallest absolute Gasteiger partial charge is 0.246 e. The number of hydrazine groups is 1. The molecule has 288 valence electrons. The van der Waals surface area contributed by atoms with Crippen LogP contribution in [-0.2, 0) is 33.8 Å². The van der Waals surface area contributed by atoms with Gasteiger partial charge in [0, 0.05) is 70.8 Å². The Morgan fingerprint density at radius 3 is 2.46 bits per heavy atom. The van der Waals surface area contributed by atoms with Crippen LogP contribution < -0.4 is 4.90 Å². The molecule has 1 N–H and O–H groups in total. The van der Waals surface area contributed by atoms with Crippen molar-refractivity contribution in [2.75, 3.05) is 70.3 Å². The van der Waals surface area contributed by atoms with E-state index in [1.807, 2.05) is 48.5 Å². The molecule has 1 unspecified atom stereocenters. The Kier molecular flexibility index (Phi) is 12.3. The fourth-order valence-electron chi connectivity index (χ4n) is 8.07. The lowest BCUT2D eigenvalue weighted by Crippen LogP contribution is -2.76. The van der Waals surface area contributed by atoms with Crippen LogP contribution in [0, 0.1) is 5.82 Å². The summed E-state index contributed by atoms with van der Waals surface area (Å²) < 4.78 is 15.2. The van der Waals surface area contributed by atoms with Crippen molar-refractivity contribution in [3.8, 4) is 5.75 Å². The van der Waals surface area contributed by atoms with Gasteiger partial charge in [-0.05, 0) is 42.3 Å². The lowest BCUT2D eigenvalue weighted by molar-refractivity contribution is -0.205. The van der Waals surface area contributed by atoms with Crippen LogP contribution in [0.1, 0.15) is 37.6 Å². The Balaban J connectivity index is 0.00000497. The van der Waals surface area contributed by atoms with E-state index in [1.165, 1.54) is 17.0 Å². The Hall–Kier alpha value is -4.85. The van der Waals surface area contributed by atoms with E-state index < -0.39 is 18.0 Å². The molecule has 3 amide bonds. The van der Waals surface area contributed by atoms with Crippen molar-refractivity contribution in [3.05, 3.63) is 102 Å². The zero-order valence-corrected chi connectivity index (χ0v) is 30.4. The number of carbonyl (C=O) groups is 3. The molecule has 4 aliphatic rings. The molecule has 12 nitrogen and oxygen atoms in total. The molecule has 2 aromatic carbocycles. The van der Waals surface area contributed by atoms with Gasteiger partial charge >= 0.3 is 0 Å². The third-order valence-corrected chi connectivity index (χ3v) is 11.0. The summed E-state index contributed by atoms with van der Waals surface area (Å²) in [6.45, 7) is 13.6. The van der Waals surface area contributed by atoms with Crippen LogP contribution in [0.25, 0.3) is 0 Å². The number of nitrogens with zero attached hydrogens (tertiary/aromatic N) is 8. The van der Waals surface area contributed by atoms with Crippen LogP contribution in [0.3, 0.4) is 0 Å². The molecule has 54 heavy (non-hydrogen) atoms. The van der Waals surface area contributed by atoms with Gasteiger partial charge in [0.15, 0.2) is 0 Å². The van der Waals surface area contributed by atoms with Crippen LogP contribution in [0.2, 0.25) is 0 Å². The number of benzene rings is 2. The largest absolute Gasteiger partial charge is 0.508 e. The molecule has 13 heteroatoms. The van der Waals surface area contributed by atoms with Crippen molar-refractivity contribution in [2.45, 2.75) is 58.4 Å². The first kappa shape index (κ1) is 38.9. The summed E-state index contributed by atoms with van der Waals surface area (Å²) in [5, 5.41) is 13.2. The maximum atomic E-state index is 15.2. The third-order valence-electron chi connectivity index (χ3n) is 11.0. The maximum Gasteiger partial charge on any atom is 0.246 e. The van der Waals surface area contributed by atoms with E-state index in [9.17, 15) is 19.5 Å². The standard InChI is InChI=1S/C40H49FN8O4.CH4/c1-3-17-47-28-39(52)48-35(22-30-14-15-33(50)23-34(30)41)40(53)46(27-37(48)49(47)38(51)16-13-29-9-6-5-7-10-29)24-31-11-8-12-36(42-31)45-25-32(26-45)44-20-18-43(4-2)19-21-44;/h3,5-12,14-15,23,32,35,37,50H,1,4,13,16-22,24-28H2,2H3;1H4/t35-,37?;/m0./s1. The van der Waals surface area contributed by atoms with Crippen molar-refractivity contribution in [3.63, 3.8) is 0 Å². The summed E-state index contributed by atoms with van der Waals surface area (Å²) in [4.78, 5) is 57.9. The van der Waals surface area contributed by atoms with E-state index in [1.54, 1.807) is 21.0 Å². The van der Waals surface area contributed by atoms with Gasteiger partial charge in [-0.2, -0.15) is 0 Å². The van der Waals surface area contributed by atoms with E-state index in [2.05, 4.69) is 28.2 Å². The summed E-state index contributed by atoms with van der Waals surface area (Å²) in [5.74, 6) is -0.922. The number of aromatic hydroxyl groups is 1. The predicted octanol–water partition coefficient (Wildman–Crippen LogP) is 3.37. The van der Waals surface area contributed by atoms with E-state index in [0.29, 0.717) is 18.2 Å². The number of phenolic OH excluding ortho intramolecular Hbond substituents is 1. The molecule has 0 saturated carbocycles. The number of piperazine rings is 2. The van der Waals surface area contributed by atoms with Crippen molar-refractivity contribution in [1.82, 2.24) is 34.6 Å². The second-order valence-electron chi connectivity index (χ2n) is 14.4. The van der Waals surface area contributed by atoms with E-state index >= 15 is 4.39 Å². The first-order valence-corrected chi connectivity index (χ1v) is 18.7. The highest BCUT2D eigenvalue weighted by Crippen LogP contribution is 2.31. The molecule has 4 saturated heterocycles. The molecule has 5 heterocycles. The van der Waals surface area contributed by atoms with E-state index in [-0.39, 0.29) is 75.5 Å². The number of fused-ring (bicyclic) bond motifs is 1. The topological polar surface area (TPSA) is 107 Å². The molecular weight excluding hydrogens is 688 g/mol. The third kappa shape index (κ3) is 8.28. The number of pyridine rings is 1. The number of hydrogen-bond acceptors (Lipinski definition) is 9. The molecular formula is C41H53FN8O4. The molecule has 0 radical (unpaired) electrons. The van der Waals surface area contributed by atoms with Gasteiger partial charge in [0.2, 0.25) is 17.7 Å². The van der Waals surface area contributed by atoms with Crippen molar-refractivity contribution < 1.29 is 23.9 Å². The quantitative estimate of drug-likeness (QED) is 0.280. The lowest BCUT2D eigenvalue weighted by atomic mass is 9.97. The van der Waals surface area contributed by atoms with Gasteiger partial charge in [0.1, 0.15) is 29.6 Å². The predicted molar refractivity (Wildman–Crippen MR) is 206 cm³/mol. The van der Waals surface area contributed by atoms with Crippen molar-refractivity contribution in [1.29, 1.82) is 0 Å². The summed E-state index contributed by atoms with van der Waals surface area (Å²) in [6.07, 6.45) is 1.40. The number of phenols is 1. The van der Waals surface area contributed by atoms with Gasteiger partial charge in [0.05, 0.1) is 25.3 Å².